The van der Waals surface area contributed by atoms with Gasteiger partial charge in [-0.05, 0) is 56.0 Å². The molecule has 0 spiro atoms. The van der Waals surface area contributed by atoms with Gasteiger partial charge in [0.1, 0.15) is 0 Å². The van der Waals surface area contributed by atoms with Crippen molar-refractivity contribution in [3.63, 3.8) is 0 Å². The Bertz CT molecular complexity index is 806. The summed E-state index contributed by atoms with van der Waals surface area (Å²) < 4.78 is 0. The van der Waals surface area contributed by atoms with Gasteiger partial charge in [-0.2, -0.15) is 0 Å². The van der Waals surface area contributed by atoms with Crippen LogP contribution in [0.1, 0.15) is 35.2 Å². The number of aryl methyl sites for hydroxylation is 3. The smallest absolute Gasteiger partial charge is 0.183 e. The summed E-state index contributed by atoms with van der Waals surface area (Å²) in [4.78, 5) is 4.78. The number of aromatic nitrogens is 1. The molecular weight excluding hydrogens is 300 g/mol. The highest BCUT2D eigenvalue weighted by Crippen LogP contribution is 2.30. The lowest BCUT2D eigenvalue weighted by atomic mass is 9.99. The van der Waals surface area contributed by atoms with Crippen LogP contribution in [0.15, 0.2) is 47.8 Å². The number of hydrogen-bond donors (Lipinski definition) is 1. The van der Waals surface area contributed by atoms with Crippen molar-refractivity contribution in [3.05, 3.63) is 70.1 Å². The molecule has 0 saturated heterocycles. The molecule has 0 unspecified atom stereocenters. The highest BCUT2D eigenvalue weighted by Gasteiger charge is 2.11. The molecule has 3 heteroatoms. The summed E-state index contributed by atoms with van der Waals surface area (Å²) in [6, 6.07) is 15.2. The third kappa shape index (κ3) is 3.45. The summed E-state index contributed by atoms with van der Waals surface area (Å²) in [6.45, 7) is 8.63. The standard InChI is InChI=1S/C20H22N2S/c1-13-10-15(3)18(11-14(13)2)19-12-23-20(22-19)21-16(4)17-8-6-5-7-9-17/h5-12,16H,1-4H3,(H,21,22)/t16-/m0/s1. The summed E-state index contributed by atoms with van der Waals surface area (Å²) in [5, 5.41) is 6.60. The molecule has 3 aromatic rings. The Kier molecular flexibility index (Phi) is 4.49. The van der Waals surface area contributed by atoms with Gasteiger partial charge < -0.3 is 5.32 Å². The quantitative estimate of drug-likeness (QED) is 0.646. The maximum atomic E-state index is 4.78. The second-order valence-electron chi connectivity index (χ2n) is 6.07. The number of anilines is 1. The molecule has 23 heavy (non-hydrogen) atoms. The summed E-state index contributed by atoms with van der Waals surface area (Å²) >= 11 is 1.66. The van der Waals surface area contributed by atoms with Gasteiger partial charge in [-0.25, -0.2) is 4.98 Å². The average molecular weight is 322 g/mol. The summed E-state index contributed by atoms with van der Waals surface area (Å²) in [6.07, 6.45) is 0. The fourth-order valence-electron chi connectivity index (χ4n) is 2.71. The summed E-state index contributed by atoms with van der Waals surface area (Å²) in [5.74, 6) is 0. The second-order valence-corrected chi connectivity index (χ2v) is 6.92. The molecule has 0 amide bonds. The lowest BCUT2D eigenvalue weighted by molar-refractivity contribution is 0.882. The zero-order valence-electron chi connectivity index (χ0n) is 14.1. The largest absolute Gasteiger partial charge is 0.355 e. The maximum Gasteiger partial charge on any atom is 0.183 e. The lowest BCUT2D eigenvalue weighted by Crippen LogP contribution is -2.05. The first-order chi connectivity index (χ1) is 11.0. The van der Waals surface area contributed by atoms with Gasteiger partial charge in [0.05, 0.1) is 11.7 Å². The molecule has 0 saturated carbocycles. The van der Waals surface area contributed by atoms with E-state index in [4.69, 9.17) is 4.98 Å². The van der Waals surface area contributed by atoms with Crippen LogP contribution >= 0.6 is 11.3 Å². The van der Waals surface area contributed by atoms with Gasteiger partial charge in [0.15, 0.2) is 5.13 Å². The van der Waals surface area contributed by atoms with E-state index in [1.807, 2.05) is 6.07 Å². The van der Waals surface area contributed by atoms with Gasteiger partial charge in [-0.1, -0.05) is 36.4 Å². The third-order valence-electron chi connectivity index (χ3n) is 4.26. The van der Waals surface area contributed by atoms with Gasteiger partial charge >= 0.3 is 0 Å². The first kappa shape index (κ1) is 15.8. The number of benzene rings is 2. The van der Waals surface area contributed by atoms with E-state index in [1.165, 1.54) is 27.8 Å². The van der Waals surface area contributed by atoms with Crippen LogP contribution in [0.3, 0.4) is 0 Å². The van der Waals surface area contributed by atoms with Gasteiger partial charge in [0, 0.05) is 10.9 Å². The van der Waals surface area contributed by atoms with E-state index in [-0.39, 0.29) is 6.04 Å². The maximum absolute atomic E-state index is 4.78. The number of rotatable bonds is 4. The number of nitrogens with zero attached hydrogens (tertiary/aromatic N) is 1. The summed E-state index contributed by atoms with van der Waals surface area (Å²) in [5.41, 5.74) is 7.47. The predicted octanol–water partition coefficient (Wildman–Crippen LogP) is 5.91. The average Bonchev–Trinajstić information content (AvgIpc) is 3.00. The van der Waals surface area contributed by atoms with Crippen LogP contribution in [-0.4, -0.2) is 4.98 Å². The first-order valence-electron chi connectivity index (χ1n) is 7.90. The summed E-state index contributed by atoms with van der Waals surface area (Å²) in [7, 11) is 0. The van der Waals surface area contributed by atoms with Crippen LogP contribution in [-0.2, 0) is 0 Å². The molecule has 1 atom stereocenters. The minimum absolute atomic E-state index is 0.246. The molecule has 3 rings (SSSR count). The minimum atomic E-state index is 0.246. The molecule has 1 N–H and O–H groups in total. The Balaban J connectivity index is 1.82. The highest BCUT2D eigenvalue weighted by molar-refractivity contribution is 7.14. The normalized spacial score (nSPS) is 12.2. The number of nitrogens with one attached hydrogen (secondary N) is 1. The molecule has 118 valence electrons. The Labute approximate surface area is 142 Å². The predicted molar refractivity (Wildman–Crippen MR) is 100 cm³/mol. The highest BCUT2D eigenvalue weighted by atomic mass is 32.1. The van der Waals surface area contributed by atoms with Crippen LogP contribution in [0.25, 0.3) is 11.3 Å². The topological polar surface area (TPSA) is 24.9 Å². The van der Waals surface area contributed by atoms with Crippen molar-refractivity contribution in [2.24, 2.45) is 0 Å². The van der Waals surface area contributed by atoms with E-state index >= 15 is 0 Å². The van der Waals surface area contributed by atoms with Crippen LogP contribution in [0.4, 0.5) is 5.13 Å². The van der Waals surface area contributed by atoms with Gasteiger partial charge in [0.2, 0.25) is 0 Å². The molecule has 0 aliphatic heterocycles. The molecule has 1 heterocycles. The van der Waals surface area contributed by atoms with Crippen LogP contribution in [0, 0.1) is 20.8 Å². The Morgan fingerprint density at radius 1 is 0.957 bits per heavy atom. The van der Waals surface area contributed by atoms with Crippen molar-refractivity contribution >= 4 is 16.5 Å². The molecule has 0 aliphatic carbocycles. The molecule has 1 aromatic heterocycles. The number of thiazole rings is 1. The van der Waals surface area contributed by atoms with Crippen molar-refractivity contribution < 1.29 is 0 Å². The van der Waals surface area contributed by atoms with Gasteiger partial charge in [-0.15, -0.1) is 11.3 Å². The van der Waals surface area contributed by atoms with E-state index in [2.05, 4.69) is 74.8 Å². The van der Waals surface area contributed by atoms with Crippen LogP contribution in [0.2, 0.25) is 0 Å². The van der Waals surface area contributed by atoms with E-state index in [0.717, 1.165) is 10.8 Å². The van der Waals surface area contributed by atoms with Crippen molar-refractivity contribution in [2.45, 2.75) is 33.7 Å². The van der Waals surface area contributed by atoms with Crippen molar-refractivity contribution in [1.29, 1.82) is 0 Å². The van der Waals surface area contributed by atoms with E-state index in [9.17, 15) is 0 Å². The number of hydrogen-bond acceptors (Lipinski definition) is 3. The molecular formula is C20H22N2S. The zero-order chi connectivity index (χ0) is 16.4. The van der Waals surface area contributed by atoms with Crippen molar-refractivity contribution in [2.75, 3.05) is 5.32 Å². The van der Waals surface area contributed by atoms with E-state index < -0.39 is 0 Å². The first-order valence-corrected chi connectivity index (χ1v) is 8.78. The lowest BCUT2D eigenvalue weighted by Gasteiger charge is -2.13. The second kappa shape index (κ2) is 6.55. The molecule has 2 nitrogen and oxygen atoms in total. The fraction of sp³-hybridized carbons (Fsp3) is 0.250. The molecule has 2 aromatic carbocycles. The van der Waals surface area contributed by atoms with Gasteiger partial charge in [0.25, 0.3) is 0 Å². The molecule has 0 bridgehead atoms. The Morgan fingerprint density at radius 2 is 1.65 bits per heavy atom. The zero-order valence-corrected chi connectivity index (χ0v) is 14.9. The molecule has 0 radical (unpaired) electrons. The van der Waals surface area contributed by atoms with Crippen molar-refractivity contribution in [1.82, 2.24) is 4.98 Å². The monoisotopic (exact) mass is 322 g/mol. The van der Waals surface area contributed by atoms with Crippen LogP contribution < -0.4 is 5.32 Å². The minimum Gasteiger partial charge on any atom is -0.355 e. The Morgan fingerprint density at radius 3 is 2.39 bits per heavy atom. The van der Waals surface area contributed by atoms with Crippen molar-refractivity contribution in [3.8, 4) is 11.3 Å². The van der Waals surface area contributed by atoms with E-state index in [0.29, 0.717) is 0 Å². The molecule has 0 fully saturated rings. The Hall–Kier alpha value is -2.13. The SMILES string of the molecule is Cc1cc(C)c(-c2csc(N[C@@H](C)c3ccccc3)n2)cc1C. The van der Waals surface area contributed by atoms with E-state index in [1.54, 1.807) is 11.3 Å². The third-order valence-corrected chi connectivity index (χ3v) is 5.03. The molecule has 0 aliphatic rings. The van der Waals surface area contributed by atoms with Gasteiger partial charge in [-0.3, -0.25) is 0 Å². The fourth-order valence-corrected chi connectivity index (χ4v) is 3.51. The van der Waals surface area contributed by atoms with Crippen LogP contribution in [0.5, 0.6) is 0 Å².